The summed E-state index contributed by atoms with van der Waals surface area (Å²) >= 11 is 0. The molecule has 2 heteroatoms. The summed E-state index contributed by atoms with van der Waals surface area (Å²) in [5.41, 5.74) is 9.92. The van der Waals surface area contributed by atoms with E-state index in [1.807, 2.05) is 0 Å². The first kappa shape index (κ1) is 17.2. The molecule has 0 heterocycles. The van der Waals surface area contributed by atoms with Crippen molar-refractivity contribution >= 4 is 11.6 Å². The summed E-state index contributed by atoms with van der Waals surface area (Å²) in [6, 6.07) is 21.6. The van der Waals surface area contributed by atoms with Gasteiger partial charge >= 0.3 is 0 Å². The van der Waals surface area contributed by atoms with Crippen LogP contribution in [-0.4, -0.2) is 5.91 Å². The maximum absolute atomic E-state index is 13.5. The molecule has 0 fully saturated rings. The second-order valence-electron chi connectivity index (χ2n) is 8.39. The molecule has 3 aliphatic rings. The van der Waals surface area contributed by atoms with Gasteiger partial charge in [-0.3, -0.25) is 4.79 Å². The van der Waals surface area contributed by atoms with E-state index in [-0.39, 0.29) is 17.7 Å². The second-order valence-corrected chi connectivity index (χ2v) is 8.39. The van der Waals surface area contributed by atoms with Crippen molar-refractivity contribution in [3.8, 4) is 0 Å². The Morgan fingerprint density at radius 3 is 1.86 bits per heavy atom. The second kappa shape index (κ2) is 6.34. The number of rotatable bonds is 2. The summed E-state index contributed by atoms with van der Waals surface area (Å²) in [4.78, 5) is 13.5. The molecule has 140 valence electrons. The molecule has 2 nitrogen and oxygen atoms in total. The van der Waals surface area contributed by atoms with Gasteiger partial charge in [-0.05, 0) is 60.6 Å². The molecule has 0 aliphatic heterocycles. The van der Waals surface area contributed by atoms with Crippen LogP contribution in [0.4, 0.5) is 5.69 Å². The van der Waals surface area contributed by atoms with Crippen molar-refractivity contribution in [2.45, 2.75) is 39.0 Å². The lowest BCUT2D eigenvalue weighted by atomic mass is 9.59. The number of hydrogen-bond donors (Lipinski definition) is 1. The maximum atomic E-state index is 13.5. The van der Waals surface area contributed by atoms with Crippen molar-refractivity contribution < 1.29 is 4.79 Å². The van der Waals surface area contributed by atoms with Crippen LogP contribution in [0.1, 0.15) is 57.2 Å². The van der Waals surface area contributed by atoms with Gasteiger partial charge in [0.25, 0.3) is 0 Å². The first-order valence-electron chi connectivity index (χ1n) is 10.1. The van der Waals surface area contributed by atoms with E-state index in [4.69, 9.17) is 0 Å². The molecule has 6 rings (SSSR count). The summed E-state index contributed by atoms with van der Waals surface area (Å²) < 4.78 is 0. The lowest BCUT2D eigenvalue weighted by Crippen LogP contribution is -2.39. The highest BCUT2D eigenvalue weighted by atomic mass is 16.1. The van der Waals surface area contributed by atoms with Crippen molar-refractivity contribution in [2.75, 3.05) is 5.32 Å². The van der Waals surface area contributed by atoms with Gasteiger partial charge in [-0.25, -0.2) is 0 Å². The number of benzene rings is 3. The number of carbonyl (C=O) groups excluding carboxylic acids is 1. The van der Waals surface area contributed by atoms with Crippen LogP contribution in [0.5, 0.6) is 0 Å². The number of hydrogen-bond acceptors (Lipinski definition) is 1. The quantitative estimate of drug-likeness (QED) is 0.605. The van der Waals surface area contributed by atoms with E-state index in [0.29, 0.717) is 5.92 Å². The van der Waals surface area contributed by atoms with Crippen LogP contribution in [0.2, 0.25) is 0 Å². The summed E-state index contributed by atoms with van der Waals surface area (Å²) in [6.45, 7) is 6.25. The minimum atomic E-state index is -0.0325. The smallest absolute Gasteiger partial charge is 0.228 e. The number of aryl methyl sites for hydroxylation is 3. The summed E-state index contributed by atoms with van der Waals surface area (Å²) in [7, 11) is 0. The summed E-state index contributed by atoms with van der Waals surface area (Å²) in [6.07, 6.45) is 0.883. The molecular weight excluding hydrogens is 342 g/mol. The first-order chi connectivity index (χ1) is 13.5. The minimum absolute atomic E-state index is 0.0325. The van der Waals surface area contributed by atoms with Crippen LogP contribution in [-0.2, 0) is 4.79 Å². The molecule has 0 spiro atoms. The van der Waals surface area contributed by atoms with Gasteiger partial charge in [0, 0.05) is 17.5 Å². The van der Waals surface area contributed by atoms with Crippen LogP contribution >= 0.6 is 0 Å². The highest BCUT2D eigenvalue weighted by molar-refractivity contribution is 5.96. The minimum Gasteiger partial charge on any atom is -0.325 e. The van der Waals surface area contributed by atoms with Gasteiger partial charge in [-0.1, -0.05) is 66.2 Å². The Morgan fingerprint density at radius 2 is 1.32 bits per heavy atom. The largest absolute Gasteiger partial charge is 0.325 e. The Labute approximate surface area is 166 Å². The Balaban J connectivity index is 1.55. The molecule has 3 aromatic carbocycles. The highest BCUT2D eigenvalue weighted by Gasteiger charge is 2.45. The number of nitrogens with one attached hydrogen (secondary N) is 1. The Kier molecular flexibility index (Phi) is 3.90. The van der Waals surface area contributed by atoms with Gasteiger partial charge in [-0.15, -0.1) is 0 Å². The molecule has 0 saturated heterocycles. The molecular formula is C26H25NO. The molecule has 28 heavy (non-hydrogen) atoms. The third-order valence-electron chi connectivity index (χ3n) is 6.57. The standard InChI is InChI=1S/C26H25NO/c1-15-12-16(2)25(17(3)13-15)27-26(28)23-14-22-18-8-4-6-10-20(18)24(23)21-11-7-5-9-19(21)22/h4-13,22-24H,14H2,1-3H3,(H,27,28). The average molecular weight is 367 g/mol. The summed E-state index contributed by atoms with van der Waals surface area (Å²) in [5.74, 6) is 0.570. The fraction of sp³-hybridized carbons (Fsp3) is 0.269. The first-order valence-corrected chi connectivity index (χ1v) is 10.1. The molecule has 3 aliphatic carbocycles. The van der Waals surface area contributed by atoms with Gasteiger partial charge in [0.1, 0.15) is 0 Å². The van der Waals surface area contributed by atoms with E-state index in [2.05, 4.69) is 86.8 Å². The molecule has 3 aromatic rings. The lowest BCUT2D eigenvalue weighted by molar-refractivity contribution is -0.121. The van der Waals surface area contributed by atoms with Gasteiger partial charge in [0.05, 0.1) is 5.92 Å². The zero-order valence-corrected chi connectivity index (χ0v) is 16.6. The normalized spacial score (nSPS) is 21.8. The van der Waals surface area contributed by atoms with Crippen molar-refractivity contribution in [2.24, 2.45) is 5.92 Å². The van der Waals surface area contributed by atoms with Crippen molar-refractivity contribution in [1.82, 2.24) is 0 Å². The highest BCUT2D eigenvalue weighted by Crippen LogP contribution is 2.55. The molecule has 2 bridgehead atoms. The Morgan fingerprint density at radius 1 is 0.821 bits per heavy atom. The number of anilines is 1. The topological polar surface area (TPSA) is 29.1 Å². The molecule has 0 radical (unpaired) electrons. The molecule has 1 unspecified atom stereocenters. The van der Waals surface area contributed by atoms with Crippen LogP contribution in [0.3, 0.4) is 0 Å². The zero-order valence-electron chi connectivity index (χ0n) is 16.6. The van der Waals surface area contributed by atoms with E-state index in [1.165, 1.54) is 27.8 Å². The van der Waals surface area contributed by atoms with Gasteiger partial charge < -0.3 is 5.32 Å². The van der Waals surface area contributed by atoms with Crippen molar-refractivity contribution in [3.63, 3.8) is 0 Å². The Hall–Kier alpha value is -2.87. The lowest BCUT2D eigenvalue weighted by Gasteiger charge is -2.44. The molecule has 1 amide bonds. The van der Waals surface area contributed by atoms with Crippen LogP contribution in [0.25, 0.3) is 0 Å². The SMILES string of the molecule is Cc1cc(C)c(NC(=O)C2CC3c4ccccc4C2c2ccccc23)c(C)c1. The predicted molar refractivity (Wildman–Crippen MR) is 114 cm³/mol. The molecule has 0 saturated carbocycles. The maximum Gasteiger partial charge on any atom is 0.228 e. The number of fused-ring (bicyclic) bond motifs is 1. The van der Waals surface area contributed by atoms with Crippen molar-refractivity contribution in [1.29, 1.82) is 0 Å². The van der Waals surface area contributed by atoms with Gasteiger partial charge in [0.15, 0.2) is 0 Å². The third kappa shape index (κ3) is 2.51. The van der Waals surface area contributed by atoms with Gasteiger partial charge in [0.2, 0.25) is 5.91 Å². The van der Waals surface area contributed by atoms with Crippen LogP contribution < -0.4 is 5.32 Å². The predicted octanol–water partition coefficient (Wildman–Crippen LogP) is 5.85. The van der Waals surface area contributed by atoms with Crippen molar-refractivity contribution in [3.05, 3.63) is 99.6 Å². The van der Waals surface area contributed by atoms with E-state index in [9.17, 15) is 4.79 Å². The monoisotopic (exact) mass is 367 g/mol. The number of amides is 1. The molecule has 0 aromatic heterocycles. The van der Waals surface area contributed by atoms with Gasteiger partial charge in [-0.2, -0.15) is 0 Å². The van der Waals surface area contributed by atoms with E-state index in [1.54, 1.807) is 0 Å². The average Bonchev–Trinajstić information content (AvgIpc) is 2.70. The fourth-order valence-electron chi connectivity index (χ4n) is 5.49. The fourth-order valence-corrected chi connectivity index (χ4v) is 5.49. The van der Waals surface area contributed by atoms with Crippen LogP contribution in [0.15, 0.2) is 60.7 Å². The Bertz CT molecular complexity index is 1030. The third-order valence-corrected chi connectivity index (χ3v) is 6.57. The van der Waals surface area contributed by atoms with Crippen LogP contribution in [0, 0.1) is 26.7 Å². The van der Waals surface area contributed by atoms with E-state index in [0.717, 1.165) is 23.2 Å². The van der Waals surface area contributed by atoms with E-state index >= 15 is 0 Å². The number of carbonyl (C=O) groups is 1. The summed E-state index contributed by atoms with van der Waals surface area (Å²) in [5, 5.41) is 3.28. The molecule has 1 atom stereocenters. The zero-order chi connectivity index (χ0) is 19.4. The van der Waals surface area contributed by atoms with E-state index < -0.39 is 0 Å². The molecule has 1 N–H and O–H groups in total.